The Labute approximate surface area is 82.5 Å². The average molecular weight is 194 g/mol. The van der Waals surface area contributed by atoms with Crippen molar-refractivity contribution in [3.63, 3.8) is 0 Å². The number of aromatic nitrogens is 2. The van der Waals surface area contributed by atoms with Crippen LogP contribution in [0.15, 0.2) is 0 Å². The first-order valence-electron chi connectivity index (χ1n) is 4.57. The van der Waals surface area contributed by atoms with Crippen molar-refractivity contribution in [3.05, 3.63) is 11.3 Å². The molecule has 1 aliphatic rings. The summed E-state index contributed by atoms with van der Waals surface area (Å²) >= 11 is 0. The Morgan fingerprint density at radius 1 is 1.29 bits per heavy atom. The van der Waals surface area contributed by atoms with Gasteiger partial charge < -0.3 is 16.2 Å². The Hall–Kier alpha value is -1.36. The van der Waals surface area contributed by atoms with Crippen LogP contribution in [0.3, 0.4) is 0 Å². The maximum Gasteiger partial charge on any atom is 0.222 e. The van der Waals surface area contributed by atoms with Crippen molar-refractivity contribution in [2.75, 3.05) is 18.1 Å². The predicted molar refractivity (Wildman–Crippen MR) is 53.5 cm³/mol. The SMILES string of the molecule is CC1(C)OCCc2nc(N)nc(N)c21. The molecule has 14 heavy (non-hydrogen) atoms. The zero-order chi connectivity index (χ0) is 10.3. The van der Waals surface area contributed by atoms with Crippen LogP contribution < -0.4 is 11.5 Å². The smallest absolute Gasteiger partial charge is 0.222 e. The Balaban J connectivity index is 2.63. The fourth-order valence-corrected chi connectivity index (χ4v) is 1.86. The van der Waals surface area contributed by atoms with Crippen molar-refractivity contribution in [1.29, 1.82) is 0 Å². The third-order valence-electron chi connectivity index (χ3n) is 2.43. The summed E-state index contributed by atoms with van der Waals surface area (Å²) in [6.07, 6.45) is 0.746. The highest BCUT2D eigenvalue weighted by atomic mass is 16.5. The van der Waals surface area contributed by atoms with E-state index in [4.69, 9.17) is 16.2 Å². The summed E-state index contributed by atoms with van der Waals surface area (Å²) in [7, 11) is 0. The lowest BCUT2D eigenvalue weighted by Gasteiger charge is -2.32. The van der Waals surface area contributed by atoms with Gasteiger partial charge in [-0.1, -0.05) is 0 Å². The molecule has 5 nitrogen and oxygen atoms in total. The summed E-state index contributed by atoms with van der Waals surface area (Å²) in [5.41, 5.74) is 12.7. The number of fused-ring (bicyclic) bond motifs is 1. The van der Waals surface area contributed by atoms with Gasteiger partial charge in [0.25, 0.3) is 0 Å². The molecule has 2 heterocycles. The molecule has 0 bridgehead atoms. The molecule has 0 spiro atoms. The Morgan fingerprint density at radius 2 is 2.00 bits per heavy atom. The topological polar surface area (TPSA) is 87.0 Å². The first-order valence-corrected chi connectivity index (χ1v) is 4.57. The van der Waals surface area contributed by atoms with Gasteiger partial charge in [-0.05, 0) is 13.8 Å². The largest absolute Gasteiger partial charge is 0.383 e. The molecule has 76 valence electrons. The number of hydrogen-bond acceptors (Lipinski definition) is 5. The van der Waals surface area contributed by atoms with Crippen molar-refractivity contribution in [3.8, 4) is 0 Å². The Morgan fingerprint density at radius 3 is 2.71 bits per heavy atom. The number of nitrogens with two attached hydrogens (primary N) is 2. The summed E-state index contributed by atoms with van der Waals surface area (Å²) in [6.45, 7) is 4.57. The molecule has 0 atom stereocenters. The van der Waals surface area contributed by atoms with E-state index >= 15 is 0 Å². The van der Waals surface area contributed by atoms with Gasteiger partial charge >= 0.3 is 0 Å². The summed E-state index contributed by atoms with van der Waals surface area (Å²) < 4.78 is 5.61. The maximum atomic E-state index is 5.81. The number of nitrogen functional groups attached to an aromatic ring is 2. The zero-order valence-electron chi connectivity index (χ0n) is 8.37. The summed E-state index contributed by atoms with van der Waals surface area (Å²) in [5.74, 6) is 0.663. The molecule has 1 aliphatic heterocycles. The molecule has 0 aliphatic carbocycles. The van der Waals surface area contributed by atoms with E-state index in [1.807, 2.05) is 13.8 Å². The molecule has 0 saturated heterocycles. The third-order valence-corrected chi connectivity index (χ3v) is 2.43. The molecule has 0 unspecified atom stereocenters. The maximum absolute atomic E-state index is 5.81. The average Bonchev–Trinajstić information content (AvgIpc) is 2.00. The normalized spacial score (nSPS) is 19.0. The molecule has 0 aromatic carbocycles. The number of nitrogens with zero attached hydrogens (tertiary/aromatic N) is 2. The summed E-state index contributed by atoms with van der Waals surface area (Å²) in [5, 5.41) is 0. The fourth-order valence-electron chi connectivity index (χ4n) is 1.86. The van der Waals surface area contributed by atoms with Crippen molar-refractivity contribution in [1.82, 2.24) is 9.97 Å². The minimum Gasteiger partial charge on any atom is -0.383 e. The number of rotatable bonds is 0. The first-order chi connectivity index (χ1) is 6.50. The first kappa shape index (κ1) is 9.21. The highest BCUT2D eigenvalue weighted by molar-refractivity contribution is 5.49. The lowest BCUT2D eigenvalue weighted by molar-refractivity contribution is -0.0320. The van der Waals surface area contributed by atoms with E-state index in [1.165, 1.54) is 0 Å². The van der Waals surface area contributed by atoms with Crippen LogP contribution >= 0.6 is 0 Å². The van der Waals surface area contributed by atoms with E-state index < -0.39 is 5.60 Å². The van der Waals surface area contributed by atoms with Crippen molar-refractivity contribution in [2.24, 2.45) is 0 Å². The van der Waals surface area contributed by atoms with E-state index in [0.717, 1.165) is 17.7 Å². The fraction of sp³-hybridized carbons (Fsp3) is 0.556. The van der Waals surface area contributed by atoms with E-state index in [1.54, 1.807) is 0 Å². The second kappa shape index (κ2) is 2.81. The highest BCUT2D eigenvalue weighted by Gasteiger charge is 2.32. The molecule has 1 aromatic rings. The lowest BCUT2D eigenvalue weighted by Crippen LogP contribution is -2.32. The van der Waals surface area contributed by atoms with Gasteiger partial charge in [0.1, 0.15) is 5.82 Å². The number of ether oxygens (including phenoxy) is 1. The van der Waals surface area contributed by atoms with Gasteiger partial charge in [0, 0.05) is 12.0 Å². The van der Waals surface area contributed by atoms with Crippen molar-refractivity contribution >= 4 is 11.8 Å². The van der Waals surface area contributed by atoms with E-state index in [2.05, 4.69) is 9.97 Å². The van der Waals surface area contributed by atoms with Crippen LogP contribution in [-0.4, -0.2) is 16.6 Å². The lowest BCUT2D eigenvalue weighted by atomic mass is 9.93. The number of anilines is 2. The van der Waals surface area contributed by atoms with Crippen LogP contribution in [0.2, 0.25) is 0 Å². The molecule has 0 radical (unpaired) electrons. The van der Waals surface area contributed by atoms with Gasteiger partial charge in [-0.3, -0.25) is 0 Å². The van der Waals surface area contributed by atoms with E-state index in [9.17, 15) is 0 Å². The quantitative estimate of drug-likeness (QED) is 0.626. The van der Waals surface area contributed by atoms with E-state index in [-0.39, 0.29) is 5.95 Å². The Bertz CT molecular complexity index is 375. The van der Waals surface area contributed by atoms with Crippen LogP contribution in [0.25, 0.3) is 0 Å². The van der Waals surface area contributed by atoms with Crippen LogP contribution in [-0.2, 0) is 16.8 Å². The zero-order valence-corrected chi connectivity index (χ0v) is 8.37. The molecule has 0 amide bonds. The molecule has 2 rings (SSSR count). The second-order valence-electron chi connectivity index (χ2n) is 3.90. The molecule has 0 saturated carbocycles. The van der Waals surface area contributed by atoms with Gasteiger partial charge in [-0.15, -0.1) is 0 Å². The van der Waals surface area contributed by atoms with Gasteiger partial charge in [0.15, 0.2) is 0 Å². The highest BCUT2D eigenvalue weighted by Crippen LogP contribution is 2.34. The summed E-state index contributed by atoms with van der Waals surface area (Å²) in [6, 6.07) is 0. The van der Waals surface area contributed by atoms with Gasteiger partial charge in [-0.25, -0.2) is 4.98 Å². The van der Waals surface area contributed by atoms with Crippen molar-refractivity contribution < 1.29 is 4.74 Å². The minimum absolute atomic E-state index is 0.235. The predicted octanol–water partition coefficient (Wildman–Crippen LogP) is 0.449. The van der Waals surface area contributed by atoms with Crippen LogP contribution in [0.1, 0.15) is 25.1 Å². The summed E-state index contributed by atoms with van der Waals surface area (Å²) in [4.78, 5) is 8.12. The Kier molecular flexibility index (Phi) is 1.85. The molecule has 0 fully saturated rings. The monoisotopic (exact) mass is 194 g/mol. The van der Waals surface area contributed by atoms with Crippen LogP contribution in [0.5, 0.6) is 0 Å². The molecular formula is C9H14N4O. The van der Waals surface area contributed by atoms with Crippen LogP contribution in [0, 0.1) is 0 Å². The molecular weight excluding hydrogens is 180 g/mol. The van der Waals surface area contributed by atoms with Gasteiger partial charge in [-0.2, -0.15) is 4.98 Å². The molecule has 1 aromatic heterocycles. The number of hydrogen-bond donors (Lipinski definition) is 2. The standard InChI is InChI=1S/C9H14N4O/c1-9(2)6-5(3-4-14-9)12-8(11)13-7(6)10/h3-4H2,1-2H3,(H4,10,11,12,13). The molecule has 4 N–H and O–H groups in total. The van der Waals surface area contributed by atoms with E-state index in [0.29, 0.717) is 12.4 Å². The van der Waals surface area contributed by atoms with Crippen molar-refractivity contribution in [2.45, 2.75) is 25.9 Å². The third kappa shape index (κ3) is 1.29. The second-order valence-corrected chi connectivity index (χ2v) is 3.90. The molecule has 5 heteroatoms. The van der Waals surface area contributed by atoms with Gasteiger partial charge in [0.2, 0.25) is 5.95 Å². The van der Waals surface area contributed by atoms with Gasteiger partial charge in [0.05, 0.1) is 17.9 Å². The minimum atomic E-state index is -0.411. The van der Waals surface area contributed by atoms with Crippen LogP contribution in [0.4, 0.5) is 11.8 Å².